The molecular weight excluding hydrogens is 420 g/mol. The largest absolute Gasteiger partial charge is 0.444 e. The van der Waals surface area contributed by atoms with E-state index < -0.39 is 17.8 Å². The number of amides is 2. The molecule has 2 amide bonds. The molecule has 0 fully saturated rings. The topological polar surface area (TPSA) is 85.9 Å². The van der Waals surface area contributed by atoms with Crippen LogP contribution in [0.5, 0.6) is 5.75 Å². The molecule has 0 bridgehead atoms. The number of carbonyl (C=O) groups excluding carboxylic acids is 2. The summed E-state index contributed by atoms with van der Waals surface area (Å²) < 4.78 is 16.2. The molecule has 0 radical (unpaired) electrons. The van der Waals surface area contributed by atoms with E-state index in [2.05, 4.69) is 10.6 Å². The van der Waals surface area contributed by atoms with Gasteiger partial charge in [0.1, 0.15) is 11.4 Å². The molecule has 0 aliphatic rings. The summed E-state index contributed by atoms with van der Waals surface area (Å²) in [5, 5.41) is 7.45. The molecule has 0 unspecified atom stereocenters. The van der Waals surface area contributed by atoms with Crippen molar-refractivity contribution in [3.63, 3.8) is 0 Å². The van der Waals surface area contributed by atoms with E-state index in [4.69, 9.17) is 14.2 Å². The molecule has 0 aliphatic heterocycles. The van der Waals surface area contributed by atoms with Gasteiger partial charge in [-0.25, -0.2) is 9.59 Å². The Labute approximate surface area is 194 Å². The third-order valence-corrected chi connectivity index (χ3v) is 4.63. The van der Waals surface area contributed by atoms with Crippen molar-refractivity contribution >= 4 is 28.6 Å². The predicted molar refractivity (Wildman–Crippen MR) is 129 cm³/mol. The first-order valence-electron chi connectivity index (χ1n) is 10.9. The zero-order chi connectivity index (χ0) is 23.7. The Hall–Kier alpha value is -3.58. The molecule has 7 heteroatoms. The maximum absolute atomic E-state index is 12.3. The number of hydrogen-bond acceptors (Lipinski definition) is 5. The van der Waals surface area contributed by atoms with E-state index in [0.717, 1.165) is 16.3 Å². The van der Waals surface area contributed by atoms with Crippen molar-refractivity contribution in [3.8, 4) is 5.75 Å². The lowest BCUT2D eigenvalue weighted by molar-refractivity contribution is 0.0500. The maximum Gasteiger partial charge on any atom is 0.417 e. The number of rotatable bonds is 8. The lowest BCUT2D eigenvalue weighted by Gasteiger charge is -2.19. The molecular formula is C26H30N2O5. The fraction of sp³-hybridized carbons (Fsp3) is 0.308. The van der Waals surface area contributed by atoms with E-state index in [-0.39, 0.29) is 0 Å². The van der Waals surface area contributed by atoms with Crippen LogP contribution in [0.3, 0.4) is 0 Å². The third kappa shape index (κ3) is 7.80. The van der Waals surface area contributed by atoms with Crippen LogP contribution < -0.4 is 15.4 Å². The molecule has 0 atom stereocenters. The van der Waals surface area contributed by atoms with E-state index in [0.29, 0.717) is 37.6 Å². The minimum atomic E-state index is -0.542. The lowest BCUT2D eigenvalue weighted by atomic mass is 10.0. The van der Waals surface area contributed by atoms with Crippen molar-refractivity contribution in [2.24, 2.45) is 0 Å². The molecule has 0 saturated carbocycles. The van der Waals surface area contributed by atoms with Gasteiger partial charge in [-0.3, -0.25) is 5.32 Å². The number of anilines is 1. The number of hydrogen-bond donors (Lipinski definition) is 2. The Morgan fingerprint density at radius 3 is 2.30 bits per heavy atom. The number of alkyl carbamates (subject to hydrolysis) is 1. The molecule has 3 rings (SSSR count). The predicted octanol–water partition coefficient (Wildman–Crippen LogP) is 5.53. The van der Waals surface area contributed by atoms with Gasteiger partial charge in [0.05, 0.1) is 18.9 Å². The summed E-state index contributed by atoms with van der Waals surface area (Å²) in [5.41, 5.74) is 1.26. The standard InChI is InChI=1S/C26H30N2O5/c1-26(2,3)33-24(29)27-16-18-31-17-15-19-9-7-13-22-21(19)12-8-14-23(22)28-25(30)32-20-10-5-4-6-11-20/h4-14H,15-18H2,1-3H3,(H,27,29)(H,28,30). The van der Waals surface area contributed by atoms with Crippen LogP contribution in [0.4, 0.5) is 15.3 Å². The second kappa shape index (κ2) is 11.3. The minimum Gasteiger partial charge on any atom is -0.444 e. The van der Waals surface area contributed by atoms with E-state index in [1.807, 2.05) is 75.4 Å². The Bertz CT molecular complexity index is 1080. The fourth-order valence-corrected chi connectivity index (χ4v) is 3.26. The van der Waals surface area contributed by atoms with Gasteiger partial charge in [0, 0.05) is 11.9 Å². The summed E-state index contributed by atoms with van der Waals surface area (Å²) >= 11 is 0. The highest BCUT2D eigenvalue weighted by Crippen LogP contribution is 2.27. The monoisotopic (exact) mass is 450 g/mol. The van der Waals surface area contributed by atoms with Gasteiger partial charge in [0.15, 0.2) is 0 Å². The summed E-state index contributed by atoms with van der Waals surface area (Å²) in [5.74, 6) is 0.481. The number of fused-ring (bicyclic) bond motifs is 1. The summed E-state index contributed by atoms with van der Waals surface area (Å²) in [6.45, 7) is 6.73. The number of benzene rings is 3. The van der Waals surface area contributed by atoms with Crippen LogP contribution in [0.25, 0.3) is 10.8 Å². The molecule has 2 N–H and O–H groups in total. The van der Waals surface area contributed by atoms with Crippen molar-refractivity contribution in [2.75, 3.05) is 25.1 Å². The summed E-state index contributed by atoms with van der Waals surface area (Å²) in [7, 11) is 0. The molecule has 3 aromatic carbocycles. The molecule has 0 spiro atoms. The second-order valence-electron chi connectivity index (χ2n) is 8.44. The first-order valence-corrected chi connectivity index (χ1v) is 10.9. The highest BCUT2D eigenvalue weighted by molar-refractivity contribution is 6.01. The van der Waals surface area contributed by atoms with Crippen molar-refractivity contribution in [1.82, 2.24) is 5.32 Å². The zero-order valence-electron chi connectivity index (χ0n) is 19.2. The molecule has 33 heavy (non-hydrogen) atoms. The Balaban J connectivity index is 1.52. The molecule has 0 heterocycles. The second-order valence-corrected chi connectivity index (χ2v) is 8.44. The highest BCUT2D eigenvalue weighted by Gasteiger charge is 2.15. The van der Waals surface area contributed by atoms with Crippen molar-refractivity contribution < 1.29 is 23.8 Å². The van der Waals surface area contributed by atoms with Crippen LogP contribution in [-0.2, 0) is 15.9 Å². The number of ether oxygens (including phenoxy) is 3. The van der Waals surface area contributed by atoms with Gasteiger partial charge < -0.3 is 19.5 Å². The molecule has 0 aliphatic carbocycles. The van der Waals surface area contributed by atoms with Crippen LogP contribution in [0.1, 0.15) is 26.3 Å². The first-order chi connectivity index (χ1) is 15.8. The average Bonchev–Trinajstić information content (AvgIpc) is 2.76. The van der Waals surface area contributed by atoms with Gasteiger partial charge >= 0.3 is 12.2 Å². The van der Waals surface area contributed by atoms with Gasteiger partial charge in [0.25, 0.3) is 0 Å². The van der Waals surface area contributed by atoms with Gasteiger partial charge in [-0.15, -0.1) is 0 Å². The minimum absolute atomic E-state index is 0.377. The van der Waals surface area contributed by atoms with Gasteiger partial charge in [-0.1, -0.05) is 48.5 Å². The summed E-state index contributed by atoms with van der Waals surface area (Å²) in [6, 6.07) is 20.6. The van der Waals surface area contributed by atoms with Crippen LogP contribution in [0.2, 0.25) is 0 Å². The molecule has 0 aromatic heterocycles. The lowest BCUT2D eigenvalue weighted by Crippen LogP contribution is -2.34. The van der Waals surface area contributed by atoms with E-state index >= 15 is 0 Å². The molecule has 0 saturated heterocycles. The van der Waals surface area contributed by atoms with Crippen LogP contribution in [0, 0.1) is 0 Å². The van der Waals surface area contributed by atoms with E-state index in [1.54, 1.807) is 12.1 Å². The molecule has 174 valence electrons. The van der Waals surface area contributed by atoms with Crippen LogP contribution in [-0.4, -0.2) is 37.5 Å². The smallest absolute Gasteiger partial charge is 0.417 e. The average molecular weight is 451 g/mol. The first kappa shape index (κ1) is 24.1. The zero-order valence-corrected chi connectivity index (χ0v) is 19.2. The van der Waals surface area contributed by atoms with Crippen LogP contribution in [0.15, 0.2) is 66.7 Å². The Kier molecular flexibility index (Phi) is 8.27. The van der Waals surface area contributed by atoms with Gasteiger partial charge in [-0.05, 0) is 56.3 Å². The van der Waals surface area contributed by atoms with Crippen molar-refractivity contribution in [2.45, 2.75) is 32.8 Å². The number of carbonyl (C=O) groups is 2. The van der Waals surface area contributed by atoms with Gasteiger partial charge in [-0.2, -0.15) is 0 Å². The van der Waals surface area contributed by atoms with Crippen molar-refractivity contribution in [1.29, 1.82) is 0 Å². The third-order valence-electron chi connectivity index (χ3n) is 4.63. The highest BCUT2D eigenvalue weighted by atomic mass is 16.6. The number of para-hydroxylation sites is 1. The summed E-state index contributed by atoms with van der Waals surface area (Å²) in [4.78, 5) is 24.0. The molecule has 3 aromatic rings. The fourth-order valence-electron chi connectivity index (χ4n) is 3.26. The molecule has 7 nitrogen and oxygen atoms in total. The van der Waals surface area contributed by atoms with E-state index in [9.17, 15) is 9.59 Å². The number of nitrogens with one attached hydrogen (secondary N) is 2. The van der Waals surface area contributed by atoms with Crippen molar-refractivity contribution in [3.05, 3.63) is 72.3 Å². The Morgan fingerprint density at radius 1 is 0.818 bits per heavy atom. The Morgan fingerprint density at radius 2 is 1.55 bits per heavy atom. The van der Waals surface area contributed by atoms with Crippen LogP contribution >= 0.6 is 0 Å². The summed E-state index contributed by atoms with van der Waals surface area (Å²) in [6.07, 6.45) is -0.298. The van der Waals surface area contributed by atoms with E-state index in [1.165, 1.54) is 0 Å². The normalized spacial score (nSPS) is 11.1. The quantitative estimate of drug-likeness (QED) is 0.441. The SMILES string of the molecule is CC(C)(C)OC(=O)NCCOCCc1cccc2c(NC(=O)Oc3ccccc3)cccc12. The van der Waals surface area contributed by atoms with Gasteiger partial charge in [0.2, 0.25) is 0 Å². The maximum atomic E-state index is 12.3.